The lowest BCUT2D eigenvalue weighted by atomic mass is 9.99. The van der Waals surface area contributed by atoms with Crippen LogP contribution in [0.1, 0.15) is 57.8 Å². The Balaban J connectivity index is 1.98. The number of thiophene rings is 1. The zero-order valence-electron chi connectivity index (χ0n) is 14.8. The van der Waals surface area contributed by atoms with Gasteiger partial charge in [-0.15, -0.1) is 11.3 Å². The summed E-state index contributed by atoms with van der Waals surface area (Å²) < 4.78 is 6.47. The zero-order valence-corrected chi connectivity index (χ0v) is 16.7. The van der Waals surface area contributed by atoms with Crippen LogP contribution in [0.4, 0.5) is 0 Å². The van der Waals surface area contributed by atoms with Crippen molar-refractivity contribution < 1.29 is 4.43 Å². The van der Waals surface area contributed by atoms with E-state index in [4.69, 9.17) is 4.43 Å². The van der Waals surface area contributed by atoms with E-state index < -0.39 is 9.04 Å². The second-order valence-corrected chi connectivity index (χ2v) is 11.1. The van der Waals surface area contributed by atoms with Crippen molar-refractivity contribution in [2.45, 2.75) is 57.9 Å². The van der Waals surface area contributed by atoms with Crippen molar-refractivity contribution >= 4 is 25.6 Å². The van der Waals surface area contributed by atoms with Crippen LogP contribution in [-0.2, 0) is 4.43 Å². The van der Waals surface area contributed by atoms with Gasteiger partial charge in [-0.05, 0) is 40.4 Å². The molecule has 1 heterocycles. The molecule has 0 aliphatic carbocycles. The van der Waals surface area contributed by atoms with E-state index >= 15 is 0 Å². The molecule has 1 atom stereocenters. The maximum atomic E-state index is 6.47. The molecule has 0 saturated heterocycles. The molecule has 0 saturated carbocycles. The molecule has 2 aromatic rings. The Bertz CT molecular complexity index is 545. The summed E-state index contributed by atoms with van der Waals surface area (Å²) in [4.78, 5) is 1.51. The highest BCUT2D eigenvalue weighted by Crippen LogP contribution is 2.31. The van der Waals surface area contributed by atoms with E-state index in [1.165, 1.54) is 22.9 Å². The van der Waals surface area contributed by atoms with Gasteiger partial charge in [-0.2, -0.15) is 0 Å². The van der Waals surface area contributed by atoms with Gasteiger partial charge in [-0.25, -0.2) is 0 Å². The highest BCUT2D eigenvalue weighted by Gasteiger charge is 2.31. The molecular weight excluding hydrogens is 316 g/mol. The van der Waals surface area contributed by atoms with Crippen LogP contribution in [0.25, 0.3) is 0 Å². The molecule has 0 unspecified atom stereocenters. The predicted molar refractivity (Wildman–Crippen MR) is 104 cm³/mol. The molecular formula is C20H29OSSi. The van der Waals surface area contributed by atoms with Gasteiger partial charge in [0, 0.05) is 11.5 Å². The quantitative estimate of drug-likeness (QED) is 0.555. The number of hydrogen-bond donors (Lipinski definition) is 0. The molecule has 125 valence electrons. The predicted octanol–water partition coefficient (Wildman–Crippen LogP) is 5.74. The lowest BCUT2D eigenvalue weighted by molar-refractivity contribution is 0.288. The molecule has 0 aliphatic rings. The second-order valence-electron chi connectivity index (χ2n) is 7.08. The molecule has 0 fully saturated rings. The van der Waals surface area contributed by atoms with E-state index in [9.17, 15) is 0 Å². The minimum Gasteiger partial charge on any atom is -0.411 e. The van der Waals surface area contributed by atoms with Gasteiger partial charge in [-0.1, -0.05) is 70.5 Å². The van der Waals surface area contributed by atoms with E-state index in [2.05, 4.69) is 75.5 Å². The Hall–Kier alpha value is -0.903. The van der Waals surface area contributed by atoms with Crippen LogP contribution >= 0.6 is 11.3 Å². The van der Waals surface area contributed by atoms with Crippen molar-refractivity contribution in [1.29, 1.82) is 0 Å². The summed E-state index contributed by atoms with van der Waals surface area (Å²) in [5.74, 6) is 0.652. The first-order chi connectivity index (χ1) is 11.0. The van der Waals surface area contributed by atoms with Crippen LogP contribution < -0.4 is 5.19 Å². The lowest BCUT2D eigenvalue weighted by Gasteiger charge is -2.29. The molecule has 1 nitrogen and oxygen atoms in total. The van der Waals surface area contributed by atoms with Crippen molar-refractivity contribution in [2.75, 3.05) is 6.61 Å². The number of hydrogen-bond acceptors (Lipinski definition) is 2. The Morgan fingerprint density at radius 3 is 2.35 bits per heavy atom. The van der Waals surface area contributed by atoms with E-state index in [-0.39, 0.29) is 5.04 Å². The van der Waals surface area contributed by atoms with Gasteiger partial charge in [0.15, 0.2) is 0 Å². The second kappa shape index (κ2) is 8.81. The smallest absolute Gasteiger partial charge is 0.252 e. The minimum absolute atomic E-state index is 0.204. The van der Waals surface area contributed by atoms with E-state index in [0.29, 0.717) is 5.92 Å². The highest BCUT2D eigenvalue weighted by atomic mass is 32.1. The Kier molecular flexibility index (Phi) is 7.06. The summed E-state index contributed by atoms with van der Waals surface area (Å²) >= 11 is 1.88. The minimum atomic E-state index is -1.01. The largest absolute Gasteiger partial charge is 0.411 e. The summed E-state index contributed by atoms with van der Waals surface area (Å²) in [6.45, 7) is 10.0. The summed E-state index contributed by atoms with van der Waals surface area (Å²) in [6.07, 6.45) is 3.62. The van der Waals surface area contributed by atoms with Gasteiger partial charge in [-0.3, -0.25) is 0 Å². The van der Waals surface area contributed by atoms with E-state index in [1.807, 2.05) is 11.3 Å². The molecule has 0 N–H and O–H groups in total. The number of benzene rings is 1. The van der Waals surface area contributed by atoms with E-state index in [0.717, 1.165) is 13.0 Å². The number of rotatable bonds is 8. The average Bonchev–Trinajstić information content (AvgIpc) is 3.04. The molecule has 2 rings (SSSR count). The fourth-order valence-corrected chi connectivity index (χ4v) is 6.11. The van der Waals surface area contributed by atoms with Crippen LogP contribution in [0.15, 0.2) is 47.8 Å². The van der Waals surface area contributed by atoms with Crippen molar-refractivity contribution in [1.82, 2.24) is 0 Å². The van der Waals surface area contributed by atoms with Crippen molar-refractivity contribution in [2.24, 2.45) is 0 Å². The Labute approximate surface area is 147 Å². The van der Waals surface area contributed by atoms with Crippen molar-refractivity contribution in [3.05, 3.63) is 52.7 Å². The molecule has 1 radical (unpaired) electrons. The monoisotopic (exact) mass is 345 g/mol. The van der Waals surface area contributed by atoms with Crippen LogP contribution in [0.2, 0.25) is 5.04 Å². The lowest BCUT2D eigenvalue weighted by Crippen LogP contribution is -2.42. The highest BCUT2D eigenvalue weighted by molar-refractivity contribution is 7.10. The SMILES string of the molecule is CCC[C@H](CCO[Si](c1ccccc1)C(C)(C)C)c1cccs1. The van der Waals surface area contributed by atoms with Crippen LogP contribution in [0.3, 0.4) is 0 Å². The normalized spacial score (nSPS) is 13.4. The standard InChI is InChI=1S/C20H29OSSi/c1-5-10-17(19-13-9-16-22-19)14-15-21-23(20(2,3)4)18-11-7-6-8-12-18/h6-9,11-13,16-17H,5,10,14-15H2,1-4H3/t17-/m1/s1. The van der Waals surface area contributed by atoms with Gasteiger partial charge in [0.2, 0.25) is 0 Å². The summed E-state index contributed by atoms with van der Waals surface area (Å²) in [5.41, 5.74) is 0. The summed E-state index contributed by atoms with van der Waals surface area (Å²) in [5, 5.41) is 3.77. The third-order valence-electron chi connectivity index (χ3n) is 4.01. The molecule has 0 bridgehead atoms. The first-order valence-electron chi connectivity index (χ1n) is 8.61. The maximum Gasteiger partial charge on any atom is 0.252 e. The van der Waals surface area contributed by atoms with Crippen LogP contribution in [0, 0.1) is 0 Å². The molecule has 0 aliphatic heterocycles. The average molecular weight is 346 g/mol. The fourth-order valence-electron chi connectivity index (χ4n) is 2.93. The van der Waals surface area contributed by atoms with Gasteiger partial charge < -0.3 is 4.43 Å². The van der Waals surface area contributed by atoms with E-state index in [1.54, 1.807) is 0 Å². The fraction of sp³-hybridized carbons (Fsp3) is 0.500. The van der Waals surface area contributed by atoms with Gasteiger partial charge in [0.1, 0.15) is 0 Å². The molecule has 1 aromatic heterocycles. The molecule has 1 aromatic carbocycles. The van der Waals surface area contributed by atoms with Gasteiger partial charge in [0.05, 0.1) is 0 Å². The Morgan fingerprint density at radius 2 is 1.78 bits per heavy atom. The third-order valence-corrected chi connectivity index (χ3v) is 7.76. The van der Waals surface area contributed by atoms with Gasteiger partial charge >= 0.3 is 0 Å². The first-order valence-corrected chi connectivity index (χ1v) is 10.9. The molecule has 23 heavy (non-hydrogen) atoms. The molecule has 0 spiro atoms. The van der Waals surface area contributed by atoms with Crippen LogP contribution in [0.5, 0.6) is 0 Å². The zero-order chi connectivity index (χ0) is 16.7. The summed E-state index contributed by atoms with van der Waals surface area (Å²) in [6, 6.07) is 15.2. The molecule has 0 amide bonds. The van der Waals surface area contributed by atoms with Crippen molar-refractivity contribution in [3.63, 3.8) is 0 Å². The first kappa shape index (κ1) is 18.4. The maximum absolute atomic E-state index is 6.47. The van der Waals surface area contributed by atoms with Crippen LogP contribution in [-0.4, -0.2) is 15.6 Å². The van der Waals surface area contributed by atoms with Crippen molar-refractivity contribution in [3.8, 4) is 0 Å². The van der Waals surface area contributed by atoms with Gasteiger partial charge in [0.25, 0.3) is 9.04 Å². The summed E-state index contributed by atoms with van der Waals surface area (Å²) in [7, 11) is -1.01. The topological polar surface area (TPSA) is 9.23 Å². The molecule has 3 heteroatoms. The third kappa shape index (κ3) is 5.59. The Morgan fingerprint density at radius 1 is 1.04 bits per heavy atom.